The average Bonchev–Trinajstić information content (AvgIpc) is 2.38. The minimum absolute atomic E-state index is 0.276. The Morgan fingerprint density at radius 2 is 2.00 bits per heavy atom. The van der Waals surface area contributed by atoms with Crippen molar-refractivity contribution in [2.24, 2.45) is 0 Å². The van der Waals surface area contributed by atoms with Crippen LogP contribution in [0.4, 0.5) is 20.4 Å². The minimum Gasteiger partial charge on any atom is -0.384 e. The number of pyridine rings is 2. The van der Waals surface area contributed by atoms with Gasteiger partial charge in [0.25, 0.3) is 0 Å². The molecule has 0 saturated heterocycles. The van der Waals surface area contributed by atoms with Crippen molar-refractivity contribution in [2.45, 2.75) is 5.92 Å². The van der Waals surface area contributed by atoms with E-state index in [9.17, 15) is 8.78 Å². The third kappa shape index (κ3) is 2.91. The number of hydrogen-bond donors (Lipinski definition) is 2. The van der Waals surface area contributed by atoms with Crippen molar-refractivity contribution in [3.63, 3.8) is 0 Å². The van der Waals surface area contributed by atoms with Gasteiger partial charge in [-0.15, -0.1) is 0 Å². The number of nitrogens with two attached hydrogens (primary N) is 1. The summed E-state index contributed by atoms with van der Waals surface area (Å²) in [6.45, 7) is -0.583. The molecule has 0 bridgehead atoms. The maximum Gasteiger partial charge on any atom is 0.306 e. The monoisotopic (exact) mass is 250 g/mol. The lowest BCUT2D eigenvalue weighted by Crippen LogP contribution is -2.26. The Balaban J connectivity index is 2.05. The molecule has 4 nitrogen and oxygen atoms in total. The van der Waals surface area contributed by atoms with Crippen LogP contribution in [0.3, 0.4) is 0 Å². The molecule has 0 atom stereocenters. The molecule has 2 rings (SSSR count). The van der Waals surface area contributed by atoms with Gasteiger partial charge in [0.05, 0.1) is 6.54 Å². The summed E-state index contributed by atoms with van der Waals surface area (Å²) in [6.07, 6.45) is 1.34. The summed E-state index contributed by atoms with van der Waals surface area (Å²) in [6, 6.07) is 9.20. The molecule has 0 spiro atoms. The second-order valence-electron chi connectivity index (χ2n) is 3.72. The van der Waals surface area contributed by atoms with E-state index in [1.54, 1.807) is 24.3 Å². The van der Waals surface area contributed by atoms with Gasteiger partial charge >= 0.3 is 5.92 Å². The van der Waals surface area contributed by atoms with E-state index in [-0.39, 0.29) is 11.5 Å². The number of hydrogen-bond acceptors (Lipinski definition) is 4. The Bertz CT molecular complexity index is 516. The Labute approximate surface area is 103 Å². The van der Waals surface area contributed by atoms with Crippen molar-refractivity contribution in [1.29, 1.82) is 0 Å². The first-order valence-electron chi connectivity index (χ1n) is 5.34. The van der Waals surface area contributed by atoms with Crippen molar-refractivity contribution < 1.29 is 8.78 Å². The third-order valence-electron chi connectivity index (χ3n) is 2.30. The molecule has 2 aromatic heterocycles. The highest BCUT2D eigenvalue weighted by molar-refractivity contribution is 5.42. The van der Waals surface area contributed by atoms with Crippen molar-refractivity contribution in [3.8, 4) is 0 Å². The molecule has 0 aliphatic carbocycles. The molecule has 0 aliphatic rings. The maximum absolute atomic E-state index is 13.8. The summed E-state index contributed by atoms with van der Waals surface area (Å²) in [5.41, 5.74) is 5.18. The van der Waals surface area contributed by atoms with Crippen molar-refractivity contribution in [2.75, 3.05) is 17.6 Å². The van der Waals surface area contributed by atoms with Gasteiger partial charge in [-0.2, -0.15) is 8.78 Å². The second kappa shape index (κ2) is 4.95. The van der Waals surface area contributed by atoms with Gasteiger partial charge < -0.3 is 11.1 Å². The fraction of sp³-hybridized carbons (Fsp3) is 0.167. The van der Waals surface area contributed by atoms with Gasteiger partial charge in [0.1, 0.15) is 17.3 Å². The normalized spacial score (nSPS) is 11.2. The van der Waals surface area contributed by atoms with Gasteiger partial charge in [0.15, 0.2) is 0 Å². The van der Waals surface area contributed by atoms with Gasteiger partial charge in [0.2, 0.25) is 0 Å². The van der Waals surface area contributed by atoms with E-state index in [1.807, 2.05) is 0 Å². The van der Waals surface area contributed by atoms with Crippen LogP contribution in [-0.2, 0) is 5.92 Å². The van der Waals surface area contributed by atoms with Crippen molar-refractivity contribution in [3.05, 3.63) is 48.3 Å². The van der Waals surface area contributed by atoms with Crippen molar-refractivity contribution >= 4 is 11.6 Å². The number of nitrogens with one attached hydrogen (secondary N) is 1. The van der Waals surface area contributed by atoms with E-state index in [2.05, 4.69) is 15.3 Å². The van der Waals surface area contributed by atoms with Crippen LogP contribution >= 0.6 is 0 Å². The summed E-state index contributed by atoms with van der Waals surface area (Å²) < 4.78 is 27.5. The Hall–Kier alpha value is -2.24. The van der Waals surface area contributed by atoms with Gasteiger partial charge in [0, 0.05) is 6.20 Å². The Kier molecular flexibility index (Phi) is 3.36. The minimum atomic E-state index is -3.06. The van der Waals surface area contributed by atoms with E-state index >= 15 is 0 Å². The van der Waals surface area contributed by atoms with E-state index in [0.29, 0.717) is 5.82 Å². The van der Waals surface area contributed by atoms with Gasteiger partial charge in [-0.3, -0.25) is 4.98 Å². The average molecular weight is 250 g/mol. The molecule has 2 aromatic rings. The van der Waals surface area contributed by atoms with Gasteiger partial charge in [-0.25, -0.2) is 4.98 Å². The molecule has 94 valence electrons. The molecule has 0 aromatic carbocycles. The SMILES string of the molecule is Nc1cccc(NCC(F)(F)c2ccccn2)n1. The van der Waals surface area contributed by atoms with Crippen LogP contribution in [0.15, 0.2) is 42.6 Å². The molecule has 0 unspecified atom stereocenters. The molecule has 6 heteroatoms. The fourth-order valence-electron chi connectivity index (χ4n) is 1.42. The maximum atomic E-state index is 13.8. The fourth-order valence-corrected chi connectivity index (χ4v) is 1.42. The predicted octanol–water partition coefficient (Wildman–Crippen LogP) is 2.26. The van der Waals surface area contributed by atoms with Crippen LogP contribution in [-0.4, -0.2) is 16.5 Å². The lowest BCUT2D eigenvalue weighted by Gasteiger charge is -2.16. The molecule has 0 fully saturated rings. The predicted molar refractivity (Wildman–Crippen MR) is 65.3 cm³/mol. The number of halogens is 2. The lowest BCUT2D eigenvalue weighted by atomic mass is 10.2. The van der Waals surface area contributed by atoms with E-state index in [0.717, 1.165) is 0 Å². The highest BCUT2D eigenvalue weighted by Crippen LogP contribution is 2.26. The van der Waals surface area contributed by atoms with E-state index < -0.39 is 12.5 Å². The molecular weight excluding hydrogens is 238 g/mol. The zero-order valence-electron chi connectivity index (χ0n) is 9.48. The number of nitrogens with zero attached hydrogens (tertiary/aromatic N) is 2. The van der Waals surface area contributed by atoms with Crippen LogP contribution in [0.1, 0.15) is 5.69 Å². The number of rotatable bonds is 4. The first-order chi connectivity index (χ1) is 8.58. The summed E-state index contributed by atoms with van der Waals surface area (Å²) in [4.78, 5) is 7.53. The summed E-state index contributed by atoms with van der Waals surface area (Å²) in [5, 5.41) is 2.54. The van der Waals surface area contributed by atoms with Crippen LogP contribution in [0.5, 0.6) is 0 Å². The molecule has 0 saturated carbocycles. The first kappa shape index (κ1) is 12.2. The molecule has 0 radical (unpaired) electrons. The van der Waals surface area contributed by atoms with Crippen LogP contribution in [0, 0.1) is 0 Å². The molecule has 2 heterocycles. The van der Waals surface area contributed by atoms with Gasteiger partial charge in [-0.1, -0.05) is 12.1 Å². The van der Waals surface area contributed by atoms with E-state index in [1.165, 1.54) is 18.3 Å². The summed E-state index contributed by atoms with van der Waals surface area (Å²) in [7, 11) is 0. The molecular formula is C12H12F2N4. The zero-order chi connectivity index (χ0) is 13.0. The number of alkyl halides is 2. The highest BCUT2D eigenvalue weighted by Gasteiger charge is 2.32. The Morgan fingerprint density at radius 3 is 2.67 bits per heavy atom. The van der Waals surface area contributed by atoms with E-state index in [4.69, 9.17) is 5.73 Å². The first-order valence-corrected chi connectivity index (χ1v) is 5.34. The second-order valence-corrected chi connectivity index (χ2v) is 3.72. The zero-order valence-corrected chi connectivity index (χ0v) is 9.48. The third-order valence-corrected chi connectivity index (χ3v) is 2.30. The smallest absolute Gasteiger partial charge is 0.306 e. The van der Waals surface area contributed by atoms with Crippen molar-refractivity contribution in [1.82, 2.24) is 9.97 Å². The highest BCUT2D eigenvalue weighted by atomic mass is 19.3. The Morgan fingerprint density at radius 1 is 1.17 bits per heavy atom. The number of nitrogen functional groups attached to an aromatic ring is 1. The summed E-state index contributed by atoms with van der Waals surface area (Å²) >= 11 is 0. The molecule has 3 N–H and O–H groups in total. The largest absolute Gasteiger partial charge is 0.384 e. The van der Waals surface area contributed by atoms with Gasteiger partial charge in [-0.05, 0) is 24.3 Å². The van der Waals surface area contributed by atoms with Crippen LogP contribution in [0.25, 0.3) is 0 Å². The molecule has 0 aliphatic heterocycles. The quantitative estimate of drug-likeness (QED) is 0.873. The molecule has 18 heavy (non-hydrogen) atoms. The lowest BCUT2D eigenvalue weighted by molar-refractivity contribution is 0.00592. The standard InChI is InChI=1S/C12H12F2N4/c13-12(14,9-4-1-2-7-16-9)8-17-11-6-3-5-10(15)18-11/h1-7H,8H2,(H3,15,17,18). The topological polar surface area (TPSA) is 63.8 Å². The summed E-state index contributed by atoms with van der Waals surface area (Å²) in [5.74, 6) is -2.47. The van der Waals surface area contributed by atoms with Crippen LogP contribution in [0.2, 0.25) is 0 Å². The van der Waals surface area contributed by atoms with Crippen LogP contribution < -0.4 is 11.1 Å². The number of anilines is 2. The number of aromatic nitrogens is 2. The molecule has 0 amide bonds.